The topological polar surface area (TPSA) is 3.24 Å². The molecule has 1 saturated carbocycles. The van der Waals surface area contributed by atoms with Crippen molar-refractivity contribution in [2.24, 2.45) is 5.92 Å². The molecule has 1 aliphatic heterocycles. The lowest BCUT2D eigenvalue weighted by Gasteiger charge is -2.14. The van der Waals surface area contributed by atoms with E-state index in [1.807, 2.05) is 11.3 Å². The third-order valence-electron chi connectivity index (χ3n) is 4.23. The van der Waals surface area contributed by atoms with E-state index in [4.69, 9.17) is 0 Å². The van der Waals surface area contributed by atoms with E-state index in [2.05, 4.69) is 42.3 Å². The van der Waals surface area contributed by atoms with E-state index in [1.165, 1.54) is 29.6 Å². The first-order valence-electron chi connectivity index (χ1n) is 5.95. The van der Waals surface area contributed by atoms with Crippen LogP contribution in [-0.2, 0) is 5.41 Å². The lowest BCUT2D eigenvalue weighted by molar-refractivity contribution is 0.364. The Hall–Kier alpha value is -0.570. The molecule has 2 aliphatic rings. The summed E-state index contributed by atoms with van der Waals surface area (Å²) in [6, 6.07) is 11.2. The van der Waals surface area contributed by atoms with E-state index in [1.54, 1.807) is 4.88 Å². The lowest BCUT2D eigenvalue weighted by atomic mass is 10.0. The van der Waals surface area contributed by atoms with Gasteiger partial charge >= 0.3 is 0 Å². The maximum atomic E-state index is 2.48. The van der Waals surface area contributed by atoms with Crippen molar-refractivity contribution in [3.63, 3.8) is 0 Å². The predicted octanol–water partition coefficient (Wildman–Crippen LogP) is 3.53. The maximum Gasteiger partial charge on any atom is 0.0345 e. The highest BCUT2D eigenvalue weighted by Crippen LogP contribution is 2.60. The summed E-state index contributed by atoms with van der Waals surface area (Å²) in [6.07, 6.45) is 1.42. The van der Waals surface area contributed by atoms with Gasteiger partial charge in [-0.15, -0.1) is 23.7 Å². The maximum absolute atomic E-state index is 2.48. The van der Waals surface area contributed by atoms with Crippen LogP contribution < -0.4 is 0 Å². The Morgan fingerprint density at radius 1 is 1.35 bits per heavy atom. The fraction of sp³-hybridized carbons (Fsp3) is 0.429. The summed E-state index contributed by atoms with van der Waals surface area (Å²) in [7, 11) is 2.25. The van der Waals surface area contributed by atoms with Gasteiger partial charge in [-0.05, 0) is 36.9 Å². The standard InChI is InChI=1S/C14H15NS.ClH/c1-15-8-11-7-14(11,9-15)13-6-10-4-2-3-5-12(10)16-13;/h2-6,11H,7-9H2,1H3;1H. The number of nitrogens with zero attached hydrogens (tertiary/aromatic N) is 1. The zero-order valence-electron chi connectivity index (χ0n) is 9.85. The van der Waals surface area contributed by atoms with Crippen molar-refractivity contribution in [1.29, 1.82) is 0 Å². The van der Waals surface area contributed by atoms with Gasteiger partial charge in [-0.25, -0.2) is 0 Å². The molecule has 0 N–H and O–H groups in total. The number of hydrogen-bond donors (Lipinski definition) is 0. The van der Waals surface area contributed by atoms with Crippen molar-refractivity contribution in [3.8, 4) is 0 Å². The summed E-state index contributed by atoms with van der Waals surface area (Å²) in [6.45, 7) is 2.57. The first-order chi connectivity index (χ1) is 7.78. The molecule has 1 aromatic heterocycles. The molecule has 17 heavy (non-hydrogen) atoms. The van der Waals surface area contributed by atoms with Crippen molar-refractivity contribution in [2.45, 2.75) is 11.8 Å². The van der Waals surface area contributed by atoms with Crippen LogP contribution in [0, 0.1) is 5.92 Å². The Morgan fingerprint density at radius 2 is 2.18 bits per heavy atom. The van der Waals surface area contributed by atoms with Gasteiger partial charge < -0.3 is 4.90 Å². The average Bonchev–Trinajstić information content (AvgIpc) is 2.71. The van der Waals surface area contributed by atoms with Crippen molar-refractivity contribution < 1.29 is 0 Å². The van der Waals surface area contributed by atoms with Crippen LogP contribution in [0.1, 0.15) is 11.3 Å². The number of rotatable bonds is 1. The van der Waals surface area contributed by atoms with Gasteiger partial charge in [-0.2, -0.15) is 0 Å². The first kappa shape index (κ1) is 11.5. The molecule has 1 aliphatic carbocycles. The second kappa shape index (κ2) is 3.71. The highest BCUT2D eigenvalue weighted by atomic mass is 35.5. The molecule has 1 aromatic carbocycles. The third-order valence-corrected chi connectivity index (χ3v) is 5.57. The largest absolute Gasteiger partial charge is 0.305 e. The van der Waals surface area contributed by atoms with Crippen LogP contribution in [0.3, 0.4) is 0 Å². The van der Waals surface area contributed by atoms with E-state index < -0.39 is 0 Å². The minimum Gasteiger partial charge on any atom is -0.305 e. The molecule has 2 atom stereocenters. The van der Waals surface area contributed by atoms with Crippen LogP contribution in [0.25, 0.3) is 10.1 Å². The number of piperidine rings is 1. The van der Waals surface area contributed by atoms with Gasteiger partial charge in [0.1, 0.15) is 0 Å². The van der Waals surface area contributed by atoms with Gasteiger partial charge in [0.2, 0.25) is 0 Å². The molecule has 2 heterocycles. The molecule has 2 aromatic rings. The Bertz CT molecular complexity index is 531. The molecule has 1 saturated heterocycles. The zero-order valence-corrected chi connectivity index (χ0v) is 11.5. The molecule has 2 fully saturated rings. The lowest BCUT2D eigenvalue weighted by Crippen LogP contribution is -2.21. The fourth-order valence-electron chi connectivity index (χ4n) is 3.34. The van der Waals surface area contributed by atoms with Gasteiger partial charge in [-0.3, -0.25) is 0 Å². The quantitative estimate of drug-likeness (QED) is 0.763. The molecular weight excluding hydrogens is 250 g/mol. The number of hydrogen-bond acceptors (Lipinski definition) is 2. The van der Waals surface area contributed by atoms with Crippen LogP contribution in [0.2, 0.25) is 0 Å². The van der Waals surface area contributed by atoms with Crippen molar-refractivity contribution in [2.75, 3.05) is 20.1 Å². The molecule has 0 radical (unpaired) electrons. The molecule has 0 spiro atoms. The van der Waals surface area contributed by atoms with Crippen molar-refractivity contribution in [1.82, 2.24) is 4.90 Å². The zero-order chi connectivity index (χ0) is 10.8. The normalized spacial score (nSPS) is 31.2. The minimum absolute atomic E-state index is 0. The second-order valence-corrected chi connectivity index (χ2v) is 6.49. The fourth-order valence-corrected chi connectivity index (χ4v) is 4.68. The molecule has 3 heteroatoms. The Kier molecular flexibility index (Phi) is 2.51. The summed E-state index contributed by atoms with van der Waals surface area (Å²) in [5.41, 5.74) is 0.540. The molecular formula is C14H16ClNS. The summed E-state index contributed by atoms with van der Waals surface area (Å²) in [5.74, 6) is 0.936. The van der Waals surface area contributed by atoms with Crippen molar-refractivity contribution >= 4 is 33.8 Å². The molecule has 2 unspecified atom stereocenters. The summed E-state index contributed by atoms with van der Waals surface area (Å²) >= 11 is 2.01. The van der Waals surface area contributed by atoms with E-state index in [0.717, 1.165) is 5.92 Å². The van der Waals surface area contributed by atoms with E-state index in [9.17, 15) is 0 Å². The molecule has 0 amide bonds. The molecule has 90 valence electrons. The first-order valence-corrected chi connectivity index (χ1v) is 6.77. The van der Waals surface area contributed by atoms with Gasteiger partial charge in [0.25, 0.3) is 0 Å². The number of likely N-dealkylation sites (N-methyl/N-ethyl adjacent to an activating group) is 1. The van der Waals surface area contributed by atoms with Crippen LogP contribution >= 0.6 is 23.7 Å². The Labute approximate surface area is 112 Å². The number of halogens is 1. The molecule has 4 rings (SSSR count). The number of fused-ring (bicyclic) bond motifs is 2. The highest BCUT2D eigenvalue weighted by molar-refractivity contribution is 7.19. The van der Waals surface area contributed by atoms with E-state index in [-0.39, 0.29) is 12.4 Å². The van der Waals surface area contributed by atoms with Gasteiger partial charge in [0.05, 0.1) is 0 Å². The van der Waals surface area contributed by atoms with Gasteiger partial charge in [0, 0.05) is 28.1 Å². The van der Waals surface area contributed by atoms with Crippen LogP contribution in [0.15, 0.2) is 30.3 Å². The third kappa shape index (κ3) is 1.55. The Balaban J connectivity index is 0.000000902. The highest BCUT2D eigenvalue weighted by Gasteiger charge is 2.60. The smallest absolute Gasteiger partial charge is 0.0345 e. The number of thiophene rings is 1. The predicted molar refractivity (Wildman–Crippen MR) is 76.4 cm³/mol. The van der Waals surface area contributed by atoms with Crippen molar-refractivity contribution in [3.05, 3.63) is 35.2 Å². The summed E-state index contributed by atoms with van der Waals surface area (Å²) in [4.78, 5) is 4.11. The van der Waals surface area contributed by atoms with Gasteiger partial charge in [-0.1, -0.05) is 18.2 Å². The monoisotopic (exact) mass is 265 g/mol. The summed E-state index contributed by atoms with van der Waals surface area (Å²) in [5, 5.41) is 1.43. The van der Waals surface area contributed by atoms with Crippen LogP contribution in [0.4, 0.5) is 0 Å². The SMILES string of the molecule is CN1CC2CC2(c2cc3ccccc3s2)C1.Cl. The van der Waals surface area contributed by atoms with Gasteiger partial charge in [0.15, 0.2) is 0 Å². The van der Waals surface area contributed by atoms with E-state index in [0.29, 0.717) is 5.41 Å². The number of likely N-dealkylation sites (tertiary alicyclic amines) is 1. The van der Waals surface area contributed by atoms with Crippen LogP contribution in [0.5, 0.6) is 0 Å². The number of benzene rings is 1. The van der Waals surface area contributed by atoms with Crippen LogP contribution in [-0.4, -0.2) is 25.0 Å². The average molecular weight is 266 g/mol. The summed E-state index contributed by atoms with van der Waals surface area (Å²) < 4.78 is 1.45. The molecule has 0 bridgehead atoms. The Morgan fingerprint density at radius 3 is 2.88 bits per heavy atom. The van der Waals surface area contributed by atoms with E-state index >= 15 is 0 Å². The molecule has 1 nitrogen and oxygen atoms in total. The second-order valence-electron chi connectivity index (χ2n) is 5.40. The minimum atomic E-state index is 0.